The molecule has 8 atom stereocenters. The maximum atomic E-state index is 12.8. The normalized spacial score (nSPS) is 22.4. The summed E-state index contributed by atoms with van der Waals surface area (Å²) < 4.78 is 34.2. The van der Waals surface area contributed by atoms with Crippen molar-refractivity contribution in [3.63, 3.8) is 0 Å². The van der Waals surface area contributed by atoms with Crippen molar-refractivity contribution >= 4 is 13.8 Å². The summed E-state index contributed by atoms with van der Waals surface area (Å²) in [6, 6.07) is 0. The second-order valence-electron chi connectivity index (χ2n) is 17.3. The minimum Gasteiger partial charge on any atom is -0.457 e. The molecule has 0 aromatic heterocycles. The van der Waals surface area contributed by atoms with Gasteiger partial charge in [-0.3, -0.25) is 13.8 Å². The molecule has 0 amide bonds. The maximum absolute atomic E-state index is 12.8. The largest absolute Gasteiger partial charge is 0.472 e. The van der Waals surface area contributed by atoms with Crippen LogP contribution in [0.4, 0.5) is 0 Å². The molecule has 12 nitrogen and oxygen atoms in total. The van der Waals surface area contributed by atoms with Crippen LogP contribution in [0, 0.1) is 0 Å². The van der Waals surface area contributed by atoms with Gasteiger partial charge in [0.2, 0.25) is 0 Å². The lowest BCUT2D eigenvalue weighted by Gasteiger charge is -2.41. The van der Waals surface area contributed by atoms with E-state index >= 15 is 0 Å². The number of ether oxygens (including phenoxy) is 2. The molecular weight excluding hydrogens is 775 g/mol. The fraction of sp³-hybridized carbons (Fsp3) is 0.978. The second kappa shape index (κ2) is 37.9. The number of unbranched alkanes of at least 4 members (excludes halogenated alkanes) is 30. The van der Waals surface area contributed by atoms with E-state index < -0.39 is 63.1 Å². The van der Waals surface area contributed by atoms with Gasteiger partial charge in [-0.15, -0.1) is 0 Å². The number of rotatable bonds is 42. The van der Waals surface area contributed by atoms with Crippen LogP contribution in [0.2, 0.25) is 0 Å². The van der Waals surface area contributed by atoms with Gasteiger partial charge in [0.1, 0.15) is 42.7 Å². The number of phosphoric acid groups is 1. The molecule has 0 aromatic rings. The number of carbonyl (C=O) groups excluding carboxylic acids is 1. The zero-order valence-corrected chi connectivity index (χ0v) is 38.5. The van der Waals surface area contributed by atoms with Crippen LogP contribution in [0.15, 0.2) is 0 Å². The van der Waals surface area contributed by atoms with E-state index in [1.54, 1.807) is 0 Å². The first-order valence-corrected chi connectivity index (χ1v) is 25.9. The van der Waals surface area contributed by atoms with Crippen LogP contribution < -0.4 is 0 Å². The van der Waals surface area contributed by atoms with Gasteiger partial charge in [0.25, 0.3) is 0 Å². The first-order valence-electron chi connectivity index (χ1n) is 24.4. The number of hydrogen-bond acceptors (Lipinski definition) is 11. The summed E-state index contributed by atoms with van der Waals surface area (Å²) >= 11 is 0. The van der Waals surface area contributed by atoms with E-state index in [1.165, 1.54) is 161 Å². The molecule has 13 heteroatoms. The molecule has 0 heterocycles. The Balaban J connectivity index is 2.32. The number of aliphatic hydroxyl groups excluding tert-OH is 5. The van der Waals surface area contributed by atoms with Crippen molar-refractivity contribution in [2.45, 2.75) is 268 Å². The third kappa shape index (κ3) is 30.1. The zero-order chi connectivity index (χ0) is 43.4. The lowest BCUT2D eigenvalue weighted by Crippen LogP contribution is -2.64. The molecule has 6 unspecified atom stereocenters. The first kappa shape index (κ1) is 56.4. The summed E-state index contributed by atoms with van der Waals surface area (Å²) in [7, 11) is -5.01. The molecule has 6 N–H and O–H groups in total. The minimum atomic E-state index is -5.01. The van der Waals surface area contributed by atoms with Gasteiger partial charge in [-0.25, -0.2) is 4.57 Å². The van der Waals surface area contributed by atoms with Crippen LogP contribution in [0.25, 0.3) is 0 Å². The van der Waals surface area contributed by atoms with Crippen LogP contribution in [-0.2, 0) is 27.9 Å². The SMILES string of the molecule is CCCCCCCCCCCCCCCCCCCCCCOC[C@H](COP(=O)(O)OC1C(O)C(O)C(O)[C@@H](O)C1O)OC(=O)CCCCCCCCCCCCCC. The number of phosphoric ester groups is 1. The van der Waals surface area contributed by atoms with Gasteiger partial charge in [0.05, 0.1) is 13.2 Å². The first-order chi connectivity index (χ1) is 28.5. The molecule has 1 fully saturated rings. The molecule has 0 radical (unpaired) electrons. The molecule has 1 aliphatic carbocycles. The van der Waals surface area contributed by atoms with Crippen molar-refractivity contribution in [2.75, 3.05) is 19.8 Å². The Hall–Kier alpha value is -0.660. The van der Waals surface area contributed by atoms with E-state index in [0.717, 1.165) is 38.5 Å². The number of carbonyl (C=O) groups is 1. The fourth-order valence-corrected chi connectivity index (χ4v) is 8.80. The predicted octanol–water partition coefficient (Wildman–Crippen LogP) is 10.1. The topological polar surface area (TPSA) is 192 Å². The molecule has 59 heavy (non-hydrogen) atoms. The quantitative estimate of drug-likeness (QED) is 0.0194. The summed E-state index contributed by atoms with van der Waals surface area (Å²) in [5.41, 5.74) is 0. The second-order valence-corrected chi connectivity index (χ2v) is 18.7. The Morgan fingerprint density at radius 3 is 1.17 bits per heavy atom. The summed E-state index contributed by atoms with van der Waals surface area (Å²) in [6.45, 7) is 4.29. The van der Waals surface area contributed by atoms with E-state index in [9.17, 15) is 39.8 Å². The van der Waals surface area contributed by atoms with Crippen molar-refractivity contribution in [1.29, 1.82) is 0 Å². The number of hydrogen-bond donors (Lipinski definition) is 6. The molecule has 0 spiro atoms. The highest BCUT2D eigenvalue weighted by Gasteiger charge is 2.51. The molecular formula is C46H91O12P. The van der Waals surface area contributed by atoms with Crippen LogP contribution in [0.3, 0.4) is 0 Å². The fourth-order valence-electron chi connectivity index (χ4n) is 7.83. The van der Waals surface area contributed by atoms with Crippen molar-refractivity contribution in [3.8, 4) is 0 Å². The molecule has 352 valence electrons. The standard InChI is InChI=1S/C46H91O12P/c1-3-5-7-9-11-13-15-17-18-19-20-21-22-23-24-26-28-30-32-34-36-55-37-39(57-40(47)35-33-31-29-27-25-16-14-12-10-8-6-4-2)38-56-59(53,54)58-46-44(51)42(49)41(48)43(50)45(46)52/h39,41-46,48-52H,3-38H2,1-2H3,(H,53,54)/t39-,41?,42-,43?,44?,45?,46?/m1/s1. The average molecular weight is 867 g/mol. The van der Waals surface area contributed by atoms with Crippen LogP contribution >= 0.6 is 7.82 Å². The van der Waals surface area contributed by atoms with Gasteiger partial charge in [-0.05, 0) is 12.8 Å². The van der Waals surface area contributed by atoms with E-state index in [0.29, 0.717) is 13.0 Å². The highest BCUT2D eigenvalue weighted by Crippen LogP contribution is 2.47. The molecule has 1 saturated carbocycles. The molecule has 0 aromatic carbocycles. The van der Waals surface area contributed by atoms with Gasteiger partial charge in [-0.2, -0.15) is 0 Å². The average Bonchev–Trinajstić information content (AvgIpc) is 3.22. The Morgan fingerprint density at radius 1 is 0.475 bits per heavy atom. The van der Waals surface area contributed by atoms with Crippen LogP contribution in [0.1, 0.15) is 226 Å². The Labute approximate surface area is 359 Å². The summed E-state index contributed by atoms with van der Waals surface area (Å²) in [5.74, 6) is -0.472. The number of esters is 1. The van der Waals surface area contributed by atoms with Crippen LogP contribution in [-0.4, -0.2) is 98.9 Å². The molecule has 1 aliphatic rings. The van der Waals surface area contributed by atoms with Gasteiger partial charge in [0.15, 0.2) is 0 Å². The summed E-state index contributed by atoms with van der Waals surface area (Å²) in [5, 5.41) is 50.2. The molecule has 0 aliphatic heterocycles. The maximum Gasteiger partial charge on any atom is 0.472 e. The summed E-state index contributed by atoms with van der Waals surface area (Å²) in [4.78, 5) is 23.1. The lowest BCUT2D eigenvalue weighted by molar-refractivity contribution is -0.220. The molecule has 0 bridgehead atoms. The van der Waals surface area contributed by atoms with Crippen molar-refractivity contribution in [3.05, 3.63) is 0 Å². The monoisotopic (exact) mass is 867 g/mol. The van der Waals surface area contributed by atoms with Crippen molar-refractivity contribution < 1.29 is 58.3 Å². The Bertz CT molecular complexity index is 989. The zero-order valence-electron chi connectivity index (χ0n) is 37.6. The summed E-state index contributed by atoms with van der Waals surface area (Å²) in [6.07, 6.45) is 27.5. The Kier molecular flexibility index (Phi) is 36.2. The highest BCUT2D eigenvalue weighted by atomic mass is 31.2. The third-order valence-electron chi connectivity index (χ3n) is 11.7. The van der Waals surface area contributed by atoms with Gasteiger partial charge in [-0.1, -0.05) is 206 Å². The van der Waals surface area contributed by atoms with Gasteiger partial charge in [0, 0.05) is 13.0 Å². The van der Waals surface area contributed by atoms with Crippen LogP contribution in [0.5, 0.6) is 0 Å². The van der Waals surface area contributed by atoms with Crippen molar-refractivity contribution in [2.24, 2.45) is 0 Å². The van der Waals surface area contributed by atoms with Gasteiger partial charge >= 0.3 is 13.8 Å². The predicted molar refractivity (Wildman–Crippen MR) is 235 cm³/mol. The molecule has 0 saturated heterocycles. The highest BCUT2D eigenvalue weighted by molar-refractivity contribution is 7.47. The van der Waals surface area contributed by atoms with E-state index in [1.807, 2.05) is 0 Å². The third-order valence-corrected chi connectivity index (χ3v) is 12.7. The van der Waals surface area contributed by atoms with E-state index in [-0.39, 0.29) is 13.0 Å². The lowest BCUT2D eigenvalue weighted by atomic mass is 9.85. The van der Waals surface area contributed by atoms with Gasteiger partial charge < -0.3 is 39.9 Å². The van der Waals surface area contributed by atoms with Crippen molar-refractivity contribution in [1.82, 2.24) is 0 Å². The van der Waals surface area contributed by atoms with E-state index in [4.69, 9.17) is 18.5 Å². The minimum absolute atomic E-state index is 0.0678. The molecule has 1 rings (SSSR count). The smallest absolute Gasteiger partial charge is 0.457 e. The Morgan fingerprint density at radius 2 is 0.797 bits per heavy atom. The number of aliphatic hydroxyl groups is 5. The van der Waals surface area contributed by atoms with E-state index in [2.05, 4.69) is 13.8 Å².